The van der Waals surface area contributed by atoms with Crippen molar-refractivity contribution in [2.45, 2.75) is 38.2 Å². The van der Waals surface area contributed by atoms with Gasteiger partial charge in [0.1, 0.15) is 5.82 Å². The van der Waals surface area contributed by atoms with Crippen LogP contribution in [0.2, 0.25) is 0 Å². The molecule has 2 unspecified atom stereocenters. The summed E-state index contributed by atoms with van der Waals surface area (Å²) in [6, 6.07) is 15.2. The summed E-state index contributed by atoms with van der Waals surface area (Å²) < 4.78 is 13.7. The minimum absolute atomic E-state index is 0.220. The van der Waals surface area contributed by atoms with Crippen LogP contribution in [0.25, 0.3) is 0 Å². The molecule has 3 fully saturated rings. The standard InChI is InChI=1S/C23H28FNO/c1-17-15-20(24)7-8-21(17)23(26,12-9-18-5-3-2-4-6-18)22-16-25-13-10-19(22)11-14-25/h2-8,15,19,22,26H,9-14,16H2,1H3. The van der Waals surface area contributed by atoms with Crippen molar-refractivity contribution in [3.8, 4) is 0 Å². The summed E-state index contributed by atoms with van der Waals surface area (Å²) in [6.07, 6.45) is 3.84. The number of halogens is 1. The van der Waals surface area contributed by atoms with Gasteiger partial charge in [0.25, 0.3) is 0 Å². The average Bonchev–Trinajstić information content (AvgIpc) is 2.68. The van der Waals surface area contributed by atoms with Crippen molar-refractivity contribution in [1.82, 2.24) is 4.90 Å². The van der Waals surface area contributed by atoms with E-state index in [0.29, 0.717) is 12.3 Å². The lowest BCUT2D eigenvalue weighted by Crippen LogP contribution is -2.55. The topological polar surface area (TPSA) is 23.5 Å². The van der Waals surface area contributed by atoms with Crippen LogP contribution in [0.1, 0.15) is 36.0 Å². The highest BCUT2D eigenvalue weighted by Gasteiger charge is 2.47. The van der Waals surface area contributed by atoms with Crippen LogP contribution in [0.3, 0.4) is 0 Å². The fourth-order valence-electron chi connectivity index (χ4n) is 5.12. The first-order valence-corrected chi connectivity index (χ1v) is 9.81. The summed E-state index contributed by atoms with van der Waals surface area (Å²) in [5.74, 6) is 0.550. The van der Waals surface area contributed by atoms with E-state index in [-0.39, 0.29) is 11.7 Å². The molecule has 138 valence electrons. The van der Waals surface area contributed by atoms with Crippen LogP contribution in [0, 0.1) is 24.6 Å². The van der Waals surface area contributed by atoms with Gasteiger partial charge in [0.2, 0.25) is 0 Å². The predicted molar refractivity (Wildman–Crippen MR) is 102 cm³/mol. The van der Waals surface area contributed by atoms with Crippen LogP contribution in [0.15, 0.2) is 48.5 Å². The molecule has 3 aliphatic heterocycles. The van der Waals surface area contributed by atoms with Gasteiger partial charge in [0.05, 0.1) is 5.60 Å². The maximum Gasteiger partial charge on any atom is 0.123 e. The number of aliphatic hydroxyl groups is 1. The van der Waals surface area contributed by atoms with Crippen LogP contribution >= 0.6 is 0 Å². The summed E-state index contributed by atoms with van der Waals surface area (Å²) in [5, 5.41) is 12.0. The number of rotatable bonds is 5. The molecule has 0 aliphatic carbocycles. The molecule has 3 saturated heterocycles. The second kappa shape index (κ2) is 7.13. The molecule has 2 nitrogen and oxygen atoms in total. The van der Waals surface area contributed by atoms with Gasteiger partial charge in [-0.05, 0) is 80.4 Å². The van der Waals surface area contributed by atoms with Crippen molar-refractivity contribution in [2.24, 2.45) is 11.8 Å². The van der Waals surface area contributed by atoms with Crippen molar-refractivity contribution >= 4 is 0 Å². The summed E-state index contributed by atoms with van der Waals surface area (Å²) in [5.41, 5.74) is 2.11. The van der Waals surface area contributed by atoms with Crippen molar-refractivity contribution in [1.29, 1.82) is 0 Å². The average molecular weight is 353 g/mol. The molecule has 0 radical (unpaired) electrons. The molecule has 2 aromatic carbocycles. The number of hydrogen-bond acceptors (Lipinski definition) is 2. The van der Waals surface area contributed by atoms with Gasteiger partial charge in [-0.1, -0.05) is 36.4 Å². The molecule has 3 heteroatoms. The molecule has 0 aromatic heterocycles. The van der Waals surface area contributed by atoms with Gasteiger partial charge in [-0.15, -0.1) is 0 Å². The fourth-order valence-corrected chi connectivity index (χ4v) is 5.12. The second-order valence-corrected chi connectivity index (χ2v) is 8.11. The molecule has 5 rings (SSSR count). The van der Waals surface area contributed by atoms with E-state index in [4.69, 9.17) is 0 Å². The first-order valence-electron chi connectivity index (χ1n) is 9.81. The van der Waals surface area contributed by atoms with E-state index in [2.05, 4.69) is 17.0 Å². The Morgan fingerprint density at radius 1 is 1.12 bits per heavy atom. The predicted octanol–water partition coefficient (Wildman–Crippen LogP) is 4.30. The largest absolute Gasteiger partial charge is 0.385 e. The zero-order valence-electron chi connectivity index (χ0n) is 15.5. The van der Waals surface area contributed by atoms with Crippen LogP contribution in [-0.2, 0) is 12.0 Å². The molecule has 0 saturated carbocycles. The number of piperidine rings is 3. The van der Waals surface area contributed by atoms with Crippen molar-refractivity contribution in [3.05, 3.63) is 71.0 Å². The highest BCUT2D eigenvalue weighted by molar-refractivity contribution is 5.34. The van der Waals surface area contributed by atoms with Gasteiger partial charge in [-0.2, -0.15) is 0 Å². The van der Waals surface area contributed by atoms with Crippen LogP contribution in [0.5, 0.6) is 0 Å². The number of hydrogen-bond donors (Lipinski definition) is 1. The Hall–Kier alpha value is -1.71. The minimum atomic E-state index is -0.905. The van der Waals surface area contributed by atoms with Crippen molar-refractivity contribution < 1.29 is 9.50 Å². The highest BCUT2D eigenvalue weighted by atomic mass is 19.1. The van der Waals surface area contributed by atoms with E-state index in [1.54, 1.807) is 6.07 Å². The van der Waals surface area contributed by atoms with Crippen LogP contribution in [-0.4, -0.2) is 29.6 Å². The van der Waals surface area contributed by atoms with Gasteiger partial charge in [-0.3, -0.25) is 0 Å². The summed E-state index contributed by atoms with van der Waals surface area (Å²) >= 11 is 0. The molecule has 2 bridgehead atoms. The zero-order chi connectivity index (χ0) is 18.1. The Morgan fingerprint density at radius 3 is 2.46 bits per heavy atom. The molecule has 1 N–H and O–H groups in total. The monoisotopic (exact) mass is 353 g/mol. The first-order chi connectivity index (χ1) is 12.6. The van der Waals surface area contributed by atoms with Gasteiger partial charge in [0.15, 0.2) is 0 Å². The summed E-state index contributed by atoms with van der Waals surface area (Å²) in [4.78, 5) is 2.48. The van der Waals surface area contributed by atoms with E-state index in [1.807, 2.05) is 31.2 Å². The Bertz CT molecular complexity index is 754. The normalized spacial score (nSPS) is 27.3. The van der Waals surface area contributed by atoms with Gasteiger partial charge in [-0.25, -0.2) is 4.39 Å². The third-order valence-corrected chi connectivity index (χ3v) is 6.56. The quantitative estimate of drug-likeness (QED) is 0.866. The van der Waals surface area contributed by atoms with Gasteiger partial charge >= 0.3 is 0 Å². The van der Waals surface area contributed by atoms with Crippen LogP contribution < -0.4 is 0 Å². The maximum atomic E-state index is 13.7. The van der Waals surface area contributed by atoms with E-state index in [1.165, 1.54) is 24.5 Å². The first kappa shape index (κ1) is 17.7. The molecular weight excluding hydrogens is 325 g/mol. The third kappa shape index (κ3) is 3.30. The molecule has 3 heterocycles. The number of aryl methyl sites for hydroxylation is 2. The Kier molecular flexibility index (Phi) is 4.85. The van der Waals surface area contributed by atoms with E-state index < -0.39 is 5.60 Å². The fraction of sp³-hybridized carbons (Fsp3) is 0.478. The Balaban J connectivity index is 1.68. The smallest absolute Gasteiger partial charge is 0.123 e. The molecule has 3 aliphatic rings. The Morgan fingerprint density at radius 2 is 1.85 bits per heavy atom. The zero-order valence-corrected chi connectivity index (χ0v) is 15.5. The van der Waals surface area contributed by atoms with Crippen molar-refractivity contribution in [3.63, 3.8) is 0 Å². The summed E-state index contributed by atoms with van der Waals surface area (Å²) in [6.45, 7) is 5.18. The molecule has 2 aromatic rings. The SMILES string of the molecule is Cc1cc(F)ccc1C(O)(CCc1ccccc1)C1CN2CCC1CC2. The summed E-state index contributed by atoms with van der Waals surface area (Å²) in [7, 11) is 0. The number of benzene rings is 2. The molecule has 0 spiro atoms. The molecule has 2 atom stereocenters. The lowest BCUT2D eigenvalue weighted by Gasteiger charge is -2.51. The highest BCUT2D eigenvalue weighted by Crippen LogP contribution is 2.46. The van der Waals surface area contributed by atoms with Gasteiger partial charge in [0, 0.05) is 12.5 Å². The third-order valence-electron chi connectivity index (χ3n) is 6.56. The van der Waals surface area contributed by atoms with Gasteiger partial charge < -0.3 is 10.0 Å². The van der Waals surface area contributed by atoms with Crippen LogP contribution in [0.4, 0.5) is 4.39 Å². The lowest BCUT2D eigenvalue weighted by molar-refractivity contribution is -0.106. The minimum Gasteiger partial charge on any atom is -0.385 e. The number of fused-ring (bicyclic) bond motifs is 3. The Labute approximate surface area is 155 Å². The molecule has 26 heavy (non-hydrogen) atoms. The number of nitrogens with zero attached hydrogens (tertiary/aromatic N) is 1. The van der Waals surface area contributed by atoms with E-state index in [9.17, 15) is 9.50 Å². The maximum absolute atomic E-state index is 13.7. The molecule has 0 amide bonds. The van der Waals surface area contributed by atoms with E-state index in [0.717, 1.165) is 37.2 Å². The second-order valence-electron chi connectivity index (χ2n) is 8.11. The molecular formula is C23H28FNO. The lowest BCUT2D eigenvalue weighted by atomic mass is 9.65. The van der Waals surface area contributed by atoms with Crippen molar-refractivity contribution in [2.75, 3.05) is 19.6 Å². The van der Waals surface area contributed by atoms with E-state index >= 15 is 0 Å².